The van der Waals surface area contributed by atoms with Crippen molar-refractivity contribution in [3.63, 3.8) is 0 Å². The molecule has 0 spiro atoms. The number of benzene rings is 2. The topological polar surface area (TPSA) is 40.5 Å². The Bertz CT molecular complexity index is 667. The van der Waals surface area contributed by atoms with E-state index in [-0.39, 0.29) is 16.7 Å². The number of hydrogen-bond donors (Lipinski definition) is 2. The highest BCUT2D eigenvalue weighted by atomic mass is 16.3. The summed E-state index contributed by atoms with van der Waals surface area (Å²) in [6, 6.07) is 11.4. The fourth-order valence-corrected chi connectivity index (χ4v) is 2.93. The van der Waals surface area contributed by atoms with Crippen molar-refractivity contribution in [1.82, 2.24) is 0 Å². The molecule has 0 saturated carbocycles. The van der Waals surface area contributed by atoms with E-state index in [1.165, 1.54) is 0 Å². The third-order valence-corrected chi connectivity index (χ3v) is 4.46. The molecule has 129 valence electrons. The summed E-state index contributed by atoms with van der Waals surface area (Å²) < 4.78 is 0. The summed E-state index contributed by atoms with van der Waals surface area (Å²) in [6.07, 6.45) is 0. The summed E-state index contributed by atoms with van der Waals surface area (Å²) in [5, 5.41) is 20.3. The Hall–Kier alpha value is -1.96. The van der Waals surface area contributed by atoms with E-state index in [1.807, 2.05) is 24.3 Å². The molecule has 0 fully saturated rings. The molecule has 2 aromatic rings. The van der Waals surface area contributed by atoms with E-state index in [0.717, 1.165) is 22.3 Å². The van der Waals surface area contributed by atoms with Crippen molar-refractivity contribution in [2.24, 2.45) is 0 Å². The minimum atomic E-state index is -0.134. The number of rotatable bonds is 2. The normalized spacial score (nSPS) is 12.7. The van der Waals surface area contributed by atoms with Gasteiger partial charge in [0.05, 0.1) is 0 Å². The van der Waals surface area contributed by atoms with E-state index in [1.54, 1.807) is 12.1 Å². The van der Waals surface area contributed by atoms with Crippen LogP contribution < -0.4 is 0 Å². The standard InChI is InChI=1S/C22H29O2/c1-14(15-8-10-19(23)17(12-15)21(2,3)4)16-9-11-20(24)18(13-16)22(5,6)7/h8-14,23-24H,1H2,2-7H3. The molecule has 0 aliphatic rings. The smallest absolute Gasteiger partial charge is 0.119 e. The van der Waals surface area contributed by atoms with Gasteiger partial charge in [-0.15, -0.1) is 0 Å². The quantitative estimate of drug-likeness (QED) is 0.748. The summed E-state index contributed by atoms with van der Waals surface area (Å²) in [7, 11) is 0. The molecular formula is C22H29O2. The van der Waals surface area contributed by atoms with Crippen molar-refractivity contribution < 1.29 is 10.2 Å². The van der Waals surface area contributed by atoms with E-state index < -0.39 is 0 Å². The molecule has 0 heterocycles. The average molecular weight is 325 g/mol. The molecule has 0 aromatic heterocycles. The van der Waals surface area contributed by atoms with E-state index in [4.69, 9.17) is 0 Å². The molecular weight excluding hydrogens is 296 g/mol. The molecule has 2 rings (SSSR count). The van der Waals surface area contributed by atoms with Gasteiger partial charge in [0.2, 0.25) is 0 Å². The van der Waals surface area contributed by atoms with Gasteiger partial charge in [-0.1, -0.05) is 65.8 Å². The molecule has 0 saturated heterocycles. The Labute approximate surface area is 146 Å². The number of phenols is 2. The van der Waals surface area contributed by atoms with Crippen LogP contribution in [0, 0.1) is 6.92 Å². The van der Waals surface area contributed by atoms with Gasteiger partial charge in [-0.2, -0.15) is 0 Å². The van der Waals surface area contributed by atoms with Crippen molar-refractivity contribution >= 4 is 0 Å². The van der Waals surface area contributed by atoms with Crippen LogP contribution in [0.4, 0.5) is 0 Å². The van der Waals surface area contributed by atoms with E-state index in [0.29, 0.717) is 11.5 Å². The van der Waals surface area contributed by atoms with Gasteiger partial charge in [-0.05, 0) is 52.1 Å². The van der Waals surface area contributed by atoms with Gasteiger partial charge in [0.15, 0.2) is 0 Å². The van der Waals surface area contributed by atoms with Crippen LogP contribution in [0.3, 0.4) is 0 Å². The fraction of sp³-hybridized carbons (Fsp3) is 0.409. The second kappa shape index (κ2) is 6.16. The fourth-order valence-electron chi connectivity index (χ4n) is 2.93. The summed E-state index contributed by atoms with van der Waals surface area (Å²) >= 11 is 0. The first-order chi connectivity index (χ1) is 10.9. The van der Waals surface area contributed by atoms with Crippen LogP contribution in [0.2, 0.25) is 0 Å². The molecule has 0 aliphatic carbocycles. The zero-order valence-electron chi connectivity index (χ0n) is 15.6. The van der Waals surface area contributed by atoms with Crippen LogP contribution in [0.1, 0.15) is 69.7 Å². The number of phenolic OH excluding ortho intramolecular Hbond substituents is 2. The summed E-state index contributed by atoms with van der Waals surface area (Å²) in [6.45, 7) is 16.8. The Balaban J connectivity index is 2.48. The van der Waals surface area contributed by atoms with Crippen molar-refractivity contribution in [2.45, 2.75) is 58.3 Å². The predicted molar refractivity (Wildman–Crippen MR) is 101 cm³/mol. The maximum absolute atomic E-state index is 10.2. The number of aromatic hydroxyl groups is 2. The lowest BCUT2D eigenvalue weighted by Gasteiger charge is -2.25. The molecule has 2 aromatic carbocycles. The van der Waals surface area contributed by atoms with Gasteiger partial charge in [-0.25, -0.2) is 0 Å². The van der Waals surface area contributed by atoms with Crippen LogP contribution in [-0.2, 0) is 10.8 Å². The zero-order chi connectivity index (χ0) is 18.3. The highest BCUT2D eigenvalue weighted by Crippen LogP contribution is 2.37. The van der Waals surface area contributed by atoms with E-state index in [2.05, 4.69) is 48.5 Å². The van der Waals surface area contributed by atoms with Crippen molar-refractivity contribution in [3.8, 4) is 11.5 Å². The lowest BCUT2D eigenvalue weighted by Crippen LogP contribution is -2.13. The SMILES string of the molecule is [CH2]C(c1ccc(O)c(C(C)(C)C)c1)c1ccc(O)c(C(C)(C)C)c1. The first-order valence-electron chi connectivity index (χ1n) is 8.41. The third-order valence-electron chi connectivity index (χ3n) is 4.46. The monoisotopic (exact) mass is 325 g/mol. The van der Waals surface area contributed by atoms with E-state index in [9.17, 15) is 10.2 Å². The first kappa shape index (κ1) is 18.4. The Morgan fingerprint density at radius 3 is 1.33 bits per heavy atom. The summed E-state index contributed by atoms with van der Waals surface area (Å²) in [4.78, 5) is 0. The van der Waals surface area contributed by atoms with Crippen LogP contribution in [-0.4, -0.2) is 10.2 Å². The van der Waals surface area contributed by atoms with Gasteiger partial charge in [-0.3, -0.25) is 0 Å². The minimum absolute atomic E-state index is 0.0617. The van der Waals surface area contributed by atoms with Gasteiger partial charge in [0.25, 0.3) is 0 Å². The predicted octanol–water partition coefficient (Wildman–Crippen LogP) is 5.66. The van der Waals surface area contributed by atoms with Crippen molar-refractivity contribution in [3.05, 3.63) is 65.6 Å². The zero-order valence-corrected chi connectivity index (χ0v) is 15.6. The molecule has 2 nitrogen and oxygen atoms in total. The van der Waals surface area contributed by atoms with Gasteiger partial charge in [0, 0.05) is 5.92 Å². The highest BCUT2D eigenvalue weighted by molar-refractivity contribution is 5.47. The molecule has 2 N–H and O–H groups in total. The first-order valence-corrected chi connectivity index (χ1v) is 8.41. The maximum Gasteiger partial charge on any atom is 0.119 e. The lowest BCUT2D eigenvalue weighted by atomic mass is 9.81. The Morgan fingerprint density at radius 2 is 1.04 bits per heavy atom. The van der Waals surface area contributed by atoms with Crippen LogP contribution in [0.5, 0.6) is 11.5 Å². The number of hydrogen-bond acceptors (Lipinski definition) is 2. The molecule has 0 bridgehead atoms. The minimum Gasteiger partial charge on any atom is -0.508 e. The van der Waals surface area contributed by atoms with Gasteiger partial charge < -0.3 is 10.2 Å². The van der Waals surface area contributed by atoms with Gasteiger partial charge >= 0.3 is 0 Å². The van der Waals surface area contributed by atoms with Crippen molar-refractivity contribution in [2.75, 3.05) is 0 Å². The summed E-state index contributed by atoms with van der Waals surface area (Å²) in [5.41, 5.74) is 3.69. The lowest BCUT2D eigenvalue weighted by molar-refractivity contribution is 0.446. The second-order valence-electron chi connectivity index (χ2n) is 8.61. The van der Waals surface area contributed by atoms with Crippen LogP contribution >= 0.6 is 0 Å². The van der Waals surface area contributed by atoms with Crippen LogP contribution in [0.15, 0.2) is 36.4 Å². The largest absolute Gasteiger partial charge is 0.508 e. The van der Waals surface area contributed by atoms with E-state index >= 15 is 0 Å². The highest BCUT2D eigenvalue weighted by Gasteiger charge is 2.22. The summed E-state index contributed by atoms with van der Waals surface area (Å²) in [5.74, 6) is 0.576. The average Bonchev–Trinajstić information content (AvgIpc) is 2.45. The van der Waals surface area contributed by atoms with Crippen LogP contribution in [0.25, 0.3) is 0 Å². The Morgan fingerprint density at radius 1 is 0.708 bits per heavy atom. The Kier molecular flexibility index (Phi) is 4.72. The molecule has 1 radical (unpaired) electrons. The molecule has 0 atom stereocenters. The molecule has 24 heavy (non-hydrogen) atoms. The molecule has 0 unspecified atom stereocenters. The van der Waals surface area contributed by atoms with Gasteiger partial charge in [0.1, 0.15) is 11.5 Å². The molecule has 2 heteroatoms. The molecule has 0 aliphatic heterocycles. The third kappa shape index (κ3) is 3.75. The maximum atomic E-state index is 10.2. The van der Waals surface area contributed by atoms with Crippen molar-refractivity contribution in [1.29, 1.82) is 0 Å². The molecule has 0 amide bonds. The second-order valence-corrected chi connectivity index (χ2v) is 8.61.